The van der Waals surface area contributed by atoms with E-state index < -0.39 is 24.4 Å². The molecule has 1 rings (SSSR count). The number of nitrogens with zero attached hydrogens (tertiary/aromatic N) is 1. The van der Waals surface area contributed by atoms with Crippen LogP contribution in [0, 0.1) is 0 Å². The molecule has 0 radical (unpaired) electrons. The van der Waals surface area contributed by atoms with Crippen LogP contribution >= 0.6 is 0 Å². The van der Waals surface area contributed by atoms with Crippen molar-refractivity contribution in [2.24, 2.45) is 0 Å². The van der Waals surface area contributed by atoms with E-state index in [0.717, 1.165) is 0 Å². The minimum atomic E-state index is -1.32. The molecule has 0 aromatic carbocycles. The van der Waals surface area contributed by atoms with Crippen LogP contribution in [-0.4, -0.2) is 83.0 Å². The molecule has 0 spiro atoms. The first kappa shape index (κ1) is 12.8. The molecule has 15 heavy (non-hydrogen) atoms. The largest absolute Gasteiger partial charge is 0.389 e. The van der Waals surface area contributed by atoms with Gasteiger partial charge in [0.25, 0.3) is 0 Å². The molecule has 0 saturated carbocycles. The van der Waals surface area contributed by atoms with Gasteiger partial charge in [-0.05, 0) is 14.1 Å². The normalized spacial score (nSPS) is 43.0. The first-order valence-corrected chi connectivity index (χ1v) is 5.04. The standard InChI is InChI=1S/C9H20N2O4/c1-11(2)4-5-7(13)9(15)8(14)6(12)3-10-5/h5-10,12-15H,3-4H2,1-2H3/t5-,6-,7-,8-,9-/m1/s1. The van der Waals surface area contributed by atoms with Crippen molar-refractivity contribution in [1.82, 2.24) is 10.2 Å². The Bertz CT molecular complexity index is 203. The molecule has 1 saturated heterocycles. The van der Waals surface area contributed by atoms with Crippen LogP contribution in [0.25, 0.3) is 0 Å². The third-order valence-electron chi connectivity index (χ3n) is 2.66. The van der Waals surface area contributed by atoms with Crippen LogP contribution in [0.5, 0.6) is 0 Å². The summed E-state index contributed by atoms with van der Waals surface area (Å²) < 4.78 is 0. The average Bonchev–Trinajstić information content (AvgIpc) is 2.25. The molecule has 5 N–H and O–H groups in total. The predicted octanol–water partition coefficient (Wildman–Crippen LogP) is -3.04. The number of nitrogens with one attached hydrogen (secondary N) is 1. The fourth-order valence-electron chi connectivity index (χ4n) is 1.75. The van der Waals surface area contributed by atoms with Gasteiger partial charge in [0.1, 0.15) is 12.2 Å². The number of aliphatic hydroxyl groups is 4. The monoisotopic (exact) mass is 220 g/mol. The summed E-state index contributed by atoms with van der Waals surface area (Å²) in [5, 5.41) is 41.1. The molecular formula is C9H20N2O4. The fraction of sp³-hybridized carbons (Fsp3) is 1.00. The van der Waals surface area contributed by atoms with Gasteiger partial charge in [0.15, 0.2) is 0 Å². The molecule has 1 aliphatic heterocycles. The van der Waals surface area contributed by atoms with Gasteiger partial charge in [0.05, 0.1) is 12.2 Å². The Hall–Kier alpha value is -0.240. The van der Waals surface area contributed by atoms with Crippen LogP contribution in [0.3, 0.4) is 0 Å². The van der Waals surface area contributed by atoms with Gasteiger partial charge in [0.2, 0.25) is 0 Å². The van der Waals surface area contributed by atoms with Crippen LogP contribution in [0.15, 0.2) is 0 Å². The molecule has 0 unspecified atom stereocenters. The first-order valence-electron chi connectivity index (χ1n) is 5.04. The van der Waals surface area contributed by atoms with Gasteiger partial charge in [-0.25, -0.2) is 0 Å². The number of β-amino-alcohol motifs (C(OH)–C–C–N with tert-alkyl or cyclic N) is 1. The lowest BCUT2D eigenvalue weighted by atomic mass is 10.0. The van der Waals surface area contributed by atoms with E-state index >= 15 is 0 Å². The SMILES string of the molecule is CN(C)C[C@H]1NC[C@@H](O)[C@@H](O)[C@H](O)[C@@H]1O. The van der Waals surface area contributed by atoms with Crippen LogP contribution in [-0.2, 0) is 0 Å². The molecule has 6 heteroatoms. The molecular weight excluding hydrogens is 200 g/mol. The van der Waals surface area contributed by atoms with E-state index in [-0.39, 0.29) is 12.6 Å². The topological polar surface area (TPSA) is 96.2 Å². The highest BCUT2D eigenvalue weighted by atomic mass is 16.4. The van der Waals surface area contributed by atoms with Gasteiger partial charge in [0, 0.05) is 19.1 Å². The Kier molecular flexibility index (Phi) is 4.45. The van der Waals surface area contributed by atoms with Crippen molar-refractivity contribution >= 4 is 0 Å². The van der Waals surface area contributed by atoms with Crippen molar-refractivity contribution in [3.63, 3.8) is 0 Å². The Balaban J connectivity index is 2.67. The van der Waals surface area contributed by atoms with E-state index in [1.807, 2.05) is 19.0 Å². The maximum absolute atomic E-state index is 9.74. The van der Waals surface area contributed by atoms with Crippen molar-refractivity contribution < 1.29 is 20.4 Å². The van der Waals surface area contributed by atoms with Gasteiger partial charge < -0.3 is 30.6 Å². The van der Waals surface area contributed by atoms with Gasteiger partial charge in [-0.2, -0.15) is 0 Å². The van der Waals surface area contributed by atoms with Crippen LogP contribution in [0.2, 0.25) is 0 Å². The summed E-state index contributed by atoms with van der Waals surface area (Å²) in [6, 6.07) is -0.359. The maximum Gasteiger partial charge on any atom is 0.110 e. The van der Waals surface area contributed by atoms with Crippen molar-refractivity contribution in [2.45, 2.75) is 30.5 Å². The Labute approximate surface area is 89.1 Å². The van der Waals surface area contributed by atoms with Crippen LogP contribution in [0.4, 0.5) is 0 Å². The molecule has 0 aromatic rings. The van der Waals surface area contributed by atoms with Crippen molar-refractivity contribution in [3.8, 4) is 0 Å². The smallest absolute Gasteiger partial charge is 0.110 e. The summed E-state index contributed by atoms with van der Waals surface area (Å²) >= 11 is 0. The summed E-state index contributed by atoms with van der Waals surface area (Å²) in [5.74, 6) is 0. The van der Waals surface area contributed by atoms with Crippen molar-refractivity contribution in [1.29, 1.82) is 0 Å². The molecule has 1 aliphatic rings. The first-order chi connectivity index (χ1) is 6.93. The Morgan fingerprint density at radius 2 is 1.67 bits per heavy atom. The summed E-state index contributed by atoms with van der Waals surface area (Å²) in [6.45, 7) is 0.686. The minimum absolute atomic E-state index is 0.161. The molecule has 0 aromatic heterocycles. The zero-order valence-electron chi connectivity index (χ0n) is 9.04. The van der Waals surface area contributed by atoms with Gasteiger partial charge >= 0.3 is 0 Å². The fourth-order valence-corrected chi connectivity index (χ4v) is 1.75. The van der Waals surface area contributed by atoms with Gasteiger partial charge in [-0.1, -0.05) is 0 Å². The molecule has 1 heterocycles. The van der Waals surface area contributed by atoms with Crippen molar-refractivity contribution in [3.05, 3.63) is 0 Å². The Morgan fingerprint density at radius 1 is 1.07 bits per heavy atom. The van der Waals surface area contributed by atoms with E-state index in [4.69, 9.17) is 0 Å². The highest BCUT2D eigenvalue weighted by Crippen LogP contribution is 2.12. The lowest BCUT2D eigenvalue weighted by molar-refractivity contribution is -0.0964. The van der Waals surface area contributed by atoms with Crippen molar-refractivity contribution in [2.75, 3.05) is 27.2 Å². The van der Waals surface area contributed by atoms with E-state index in [2.05, 4.69) is 5.32 Å². The van der Waals surface area contributed by atoms with Gasteiger partial charge in [-0.3, -0.25) is 0 Å². The van der Waals surface area contributed by atoms with E-state index in [0.29, 0.717) is 6.54 Å². The molecule has 5 atom stereocenters. The molecule has 0 bridgehead atoms. The number of hydrogen-bond donors (Lipinski definition) is 5. The molecule has 90 valence electrons. The van der Waals surface area contributed by atoms with E-state index in [9.17, 15) is 20.4 Å². The molecule has 1 fully saturated rings. The number of likely N-dealkylation sites (N-methyl/N-ethyl adjacent to an activating group) is 1. The quantitative estimate of drug-likeness (QED) is 0.340. The number of hydrogen-bond acceptors (Lipinski definition) is 6. The third kappa shape index (κ3) is 3.10. The van der Waals surface area contributed by atoms with Crippen LogP contribution in [0.1, 0.15) is 0 Å². The number of rotatable bonds is 2. The van der Waals surface area contributed by atoms with E-state index in [1.165, 1.54) is 0 Å². The molecule has 0 aliphatic carbocycles. The third-order valence-corrected chi connectivity index (χ3v) is 2.66. The summed E-state index contributed by atoms with van der Waals surface area (Å²) in [6.07, 6.45) is -4.76. The highest BCUT2D eigenvalue weighted by Gasteiger charge is 2.38. The average molecular weight is 220 g/mol. The van der Waals surface area contributed by atoms with Gasteiger partial charge in [-0.15, -0.1) is 0 Å². The summed E-state index contributed by atoms with van der Waals surface area (Å²) in [4.78, 5) is 1.86. The lowest BCUT2D eigenvalue weighted by Crippen LogP contribution is -2.51. The van der Waals surface area contributed by atoms with E-state index in [1.54, 1.807) is 0 Å². The zero-order valence-corrected chi connectivity index (χ0v) is 9.04. The summed E-state index contributed by atoms with van der Waals surface area (Å²) in [5.41, 5.74) is 0. The predicted molar refractivity (Wildman–Crippen MR) is 54.4 cm³/mol. The molecule has 6 nitrogen and oxygen atoms in total. The number of aliphatic hydroxyl groups excluding tert-OH is 4. The second-order valence-corrected chi connectivity index (χ2v) is 4.32. The lowest BCUT2D eigenvalue weighted by Gasteiger charge is -2.28. The molecule has 0 amide bonds. The Morgan fingerprint density at radius 3 is 2.20 bits per heavy atom. The maximum atomic E-state index is 9.74. The summed E-state index contributed by atoms with van der Waals surface area (Å²) in [7, 11) is 3.69. The minimum Gasteiger partial charge on any atom is -0.389 e. The second kappa shape index (κ2) is 5.20. The zero-order chi connectivity index (χ0) is 11.6. The second-order valence-electron chi connectivity index (χ2n) is 4.32. The highest BCUT2D eigenvalue weighted by molar-refractivity contribution is 4.94. The van der Waals surface area contributed by atoms with Crippen LogP contribution < -0.4 is 5.32 Å².